The van der Waals surface area contributed by atoms with Crippen LogP contribution in [0.4, 0.5) is 0 Å². The van der Waals surface area contributed by atoms with Crippen LogP contribution in [0.1, 0.15) is 12.8 Å². The van der Waals surface area contributed by atoms with E-state index >= 15 is 0 Å². The standard InChI is InChI=1S/C13H14ClN3O2S.ClH/c14-12-13(17-11-4-2-1-3-10(11)16-12)20(18,19)9-5-7-15-8-6-9;/h1-4,9,15H,5-8H2;1H. The molecule has 1 fully saturated rings. The third-order valence-corrected chi connectivity index (χ3v) is 6.04. The van der Waals surface area contributed by atoms with Crippen LogP contribution < -0.4 is 5.32 Å². The molecule has 1 aliphatic heterocycles. The van der Waals surface area contributed by atoms with Crippen molar-refractivity contribution in [3.63, 3.8) is 0 Å². The molecular weight excluding hydrogens is 333 g/mol. The van der Waals surface area contributed by atoms with Crippen molar-refractivity contribution in [3.8, 4) is 0 Å². The zero-order chi connectivity index (χ0) is 14.2. The minimum atomic E-state index is -3.53. The molecule has 0 saturated carbocycles. The molecule has 21 heavy (non-hydrogen) atoms. The van der Waals surface area contributed by atoms with Gasteiger partial charge in [0.2, 0.25) is 9.84 Å². The molecule has 0 radical (unpaired) electrons. The van der Waals surface area contributed by atoms with Crippen LogP contribution >= 0.6 is 24.0 Å². The summed E-state index contributed by atoms with van der Waals surface area (Å²) in [4.78, 5) is 8.36. The first-order valence-electron chi connectivity index (χ1n) is 6.46. The molecule has 5 nitrogen and oxygen atoms in total. The van der Waals surface area contributed by atoms with Gasteiger partial charge >= 0.3 is 0 Å². The van der Waals surface area contributed by atoms with E-state index in [2.05, 4.69) is 15.3 Å². The molecule has 2 aromatic rings. The first kappa shape index (κ1) is 16.4. The molecule has 3 rings (SSSR count). The number of para-hydroxylation sites is 2. The van der Waals surface area contributed by atoms with Crippen LogP contribution in [0.25, 0.3) is 11.0 Å². The summed E-state index contributed by atoms with van der Waals surface area (Å²) in [5.74, 6) is 0. The number of nitrogens with zero attached hydrogens (tertiary/aromatic N) is 2. The second-order valence-electron chi connectivity index (χ2n) is 4.80. The van der Waals surface area contributed by atoms with E-state index in [-0.39, 0.29) is 22.6 Å². The van der Waals surface area contributed by atoms with E-state index in [4.69, 9.17) is 11.6 Å². The smallest absolute Gasteiger partial charge is 0.201 e. The van der Waals surface area contributed by atoms with E-state index in [1.54, 1.807) is 18.2 Å². The van der Waals surface area contributed by atoms with Crippen LogP contribution in [0, 0.1) is 0 Å². The van der Waals surface area contributed by atoms with E-state index in [9.17, 15) is 8.42 Å². The summed E-state index contributed by atoms with van der Waals surface area (Å²) in [7, 11) is -3.53. The number of hydrogen-bond donors (Lipinski definition) is 1. The lowest BCUT2D eigenvalue weighted by atomic mass is 10.2. The SMILES string of the molecule is Cl.O=S(=O)(c1nc2ccccc2nc1Cl)C1CCNCC1. The third kappa shape index (κ3) is 3.13. The summed E-state index contributed by atoms with van der Waals surface area (Å²) in [5.41, 5.74) is 1.14. The lowest BCUT2D eigenvalue weighted by Gasteiger charge is -2.22. The first-order valence-corrected chi connectivity index (χ1v) is 8.38. The molecule has 1 N–H and O–H groups in total. The van der Waals surface area contributed by atoms with Gasteiger partial charge in [0.15, 0.2) is 10.2 Å². The second-order valence-corrected chi connectivity index (χ2v) is 7.30. The van der Waals surface area contributed by atoms with E-state index in [0.717, 1.165) is 0 Å². The van der Waals surface area contributed by atoms with Crippen molar-refractivity contribution in [2.24, 2.45) is 0 Å². The molecule has 0 amide bonds. The summed E-state index contributed by atoms with van der Waals surface area (Å²) in [6.07, 6.45) is 1.15. The topological polar surface area (TPSA) is 72.0 Å². The molecule has 0 aliphatic carbocycles. The Morgan fingerprint density at radius 2 is 1.67 bits per heavy atom. The molecular formula is C13H15Cl2N3O2S. The Morgan fingerprint density at radius 3 is 2.29 bits per heavy atom. The van der Waals surface area contributed by atoms with Crippen molar-refractivity contribution in [3.05, 3.63) is 29.4 Å². The van der Waals surface area contributed by atoms with E-state index in [0.29, 0.717) is 37.0 Å². The van der Waals surface area contributed by atoms with Crippen LogP contribution in [0.2, 0.25) is 5.15 Å². The number of sulfone groups is 1. The monoisotopic (exact) mass is 347 g/mol. The predicted octanol–water partition coefficient (Wildman–Crippen LogP) is 2.23. The number of halogens is 2. The number of hydrogen-bond acceptors (Lipinski definition) is 5. The Bertz CT molecular complexity index is 746. The number of rotatable bonds is 2. The van der Waals surface area contributed by atoms with Crippen LogP contribution in [0.15, 0.2) is 29.3 Å². The fraction of sp³-hybridized carbons (Fsp3) is 0.385. The van der Waals surface area contributed by atoms with Gasteiger partial charge in [0.1, 0.15) is 0 Å². The Kier molecular flexibility index (Phi) is 5.03. The molecule has 1 saturated heterocycles. The highest BCUT2D eigenvalue weighted by atomic mass is 35.5. The molecule has 2 heterocycles. The highest BCUT2D eigenvalue weighted by molar-refractivity contribution is 7.92. The molecule has 1 aromatic carbocycles. The van der Waals surface area contributed by atoms with Crippen LogP contribution in [-0.4, -0.2) is 36.7 Å². The number of piperidine rings is 1. The molecule has 0 unspecified atom stereocenters. The summed E-state index contributed by atoms with van der Waals surface area (Å²) < 4.78 is 25.3. The maximum absolute atomic E-state index is 12.6. The lowest BCUT2D eigenvalue weighted by Crippen LogP contribution is -2.36. The molecule has 8 heteroatoms. The molecule has 0 spiro atoms. The quantitative estimate of drug-likeness (QED) is 0.901. The van der Waals surface area contributed by atoms with Gasteiger partial charge in [-0.05, 0) is 38.1 Å². The maximum atomic E-state index is 12.6. The summed E-state index contributed by atoms with van der Waals surface area (Å²) >= 11 is 6.04. The average Bonchev–Trinajstić information content (AvgIpc) is 2.47. The Balaban J connectivity index is 0.00000161. The number of aromatic nitrogens is 2. The molecule has 1 aliphatic rings. The van der Waals surface area contributed by atoms with Crippen molar-refractivity contribution in [2.45, 2.75) is 23.1 Å². The average molecular weight is 348 g/mol. The number of fused-ring (bicyclic) bond motifs is 1. The highest BCUT2D eigenvalue weighted by Gasteiger charge is 2.32. The van der Waals surface area contributed by atoms with Crippen LogP contribution in [-0.2, 0) is 9.84 Å². The van der Waals surface area contributed by atoms with Gasteiger partial charge in [-0.3, -0.25) is 0 Å². The van der Waals surface area contributed by atoms with Crippen molar-refractivity contribution in [1.29, 1.82) is 0 Å². The van der Waals surface area contributed by atoms with E-state index in [1.165, 1.54) is 0 Å². The Morgan fingerprint density at radius 1 is 1.10 bits per heavy atom. The summed E-state index contributed by atoms with van der Waals surface area (Å²) in [6, 6.07) is 7.11. The van der Waals surface area contributed by atoms with Crippen molar-refractivity contribution in [2.75, 3.05) is 13.1 Å². The zero-order valence-electron chi connectivity index (χ0n) is 11.1. The largest absolute Gasteiger partial charge is 0.317 e. The first-order chi connectivity index (χ1) is 9.59. The summed E-state index contributed by atoms with van der Waals surface area (Å²) in [5, 5.41) is 2.58. The van der Waals surface area contributed by atoms with Crippen LogP contribution in [0.3, 0.4) is 0 Å². The molecule has 1 aromatic heterocycles. The highest BCUT2D eigenvalue weighted by Crippen LogP contribution is 2.27. The van der Waals surface area contributed by atoms with Crippen molar-refractivity contribution in [1.82, 2.24) is 15.3 Å². The Hall–Kier alpha value is -0.950. The normalized spacial score (nSPS) is 16.6. The zero-order valence-corrected chi connectivity index (χ0v) is 13.5. The van der Waals surface area contributed by atoms with Gasteiger partial charge in [-0.25, -0.2) is 18.4 Å². The van der Waals surface area contributed by atoms with Gasteiger partial charge < -0.3 is 5.32 Å². The Labute approximate surface area is 134 Å². The fourth-order valence-electron chi connectivity index (χ4n) is 2.41. The molecule has 0 bridgehead atoms. The third-order valence-electron chi connectivity index (χ3n) is 3.49. The van der Waals surface area contributed by atoms with Crippen molar-refractivity contribution < 1.29 is 8.42 Å². The molecule has 0 atom stereocenters. The van der Waals surface area contributed by atoms with Gasteiger partial charge in [0.25, 0.3) is 0 Å². The van der Waals surface area contributed by atoms with Gasteiger partial charge in [-0.2, -0.15) is 0 Å². The van der Waals surface area contributed by atoms with E-state index in [1.807, 2.05) is 6.07 Å². The van der Waals surface area contributed by atoms with Crippen LogP contribution in [0.5, 0.6) is 0 Å². The molecule has 114 valence electrons. The van der Waals surface area contributed by atoms with E-state index < -0.39 is 15.1 Å². The predicted molar refractivity (Wildman–Crippen MR) is 84.9 cm³/mol. The minimum absolute atomic E-state index is 0. The van der Waals surface area contributed by atoms with Crippen molar-refractivity contribution >= 4 is 44.9 Å². The lowest BCUT2D eigenvalue weighted by molar-refractivity contribution is 0.494. The van der Waals surface area contributed by atoms with Gasteiger partial charge in [-0.1, -0.05) is 23.7 Å². The fourth-order valence-corrected chi connectivity index (χ4v) is 4.54. The minimum Gasteiger partial charge on any atom is -0.317 e. The number of benzene rings is 1. The van der Waals surface area contributed by atoms with Gasteiger partial charge in [-0.15, -0.1) is 12.4 Å². The maximum Gasteiger partial charge on any atom is 0.201 e. The summed E-state index contributed by atoms with van der Waals surface area (Å²) in [6.45, 7) is 1.39. The number of nitrogens with one attached hydrogen (secondary N) is 1. The van der Waals surface area contributed by atoms with Gasteiger partial charge in [0, 0.05) is 0 Å². The van der Waals surface area contributed by atoms with Gasteiger partial charge in [0.05, 0.1) is 16.3 Å². The second kappa shape index (κ2) is 6.44.